The molecule has 1 aromatic carbocycles. The van der Waals surface area contributed by atoms with Gasteiger partial charge < -0.3 is 18.3 Å². The van der Waals surface area contributed by atoms with Crippen LogP contribution in [0.4, 0.5) is 0 Å². The van der Waals surface area contributed by atoms with Crippen molar-refractivity contribution in [2.24, 2.45) is 5.92 Å². The lowest BCUT2D eigenvalue weighted by atomic mass is 9.95. The van der Waals surface area contributed by atoms with E-state index in [0.29, 0.717) is 19.1 Å². The molecule has 0 heterocycles. The standard InChI is InChI=1S/C30H56O4Si2/c1-14-15-24(2)28(34-36(12,13)30(6,7)8)22-27(20-21-33-35(10,11)29(3,4)5)32-23-25-16-18-26(31-9)19-17-25/h14,16-19,24,27-28H,1,15,20-23H2,2-13H3/t24-,27-,28+/m1/s1. The molecule has 0 bridgehead atoms. The molecule has 0 radical (unpaired) electrons. The third kappa shape index (κ3) is 10.4. The van der Waals surface area contributed by atoms with Gasteiger partial charge in [0.1, 0.15) is 5.75 Å². The molecule has 4 nitrogen and oxygen atoms in total. The molecule has 0 aliphatic carbocycles. The minimum Gasteiger partial charge on any atom is -0.497 e. The van der Waals surface area contributed by atoms with E-state index in [4.69, 9.17) is 18.3 Å². The van der Waals surface area contributed by atoms with Gasteiger partial charge in [-0.3, -0.25) is 0 Å². The van der Waals surface area contributed by atoms with Gasteiger partial charge in [0.15, 0.2) is 16.6 Å². The predicted molar refractivity (Wildman–Crippen MR) is 160 cm³/mol. The van der Waals surface area contributed by atoms with E-state index >= 15 is 0 Å². The van der Waals surface area contributed by atoms with Gasteiger partial charge >= 0.3 is 0 Å². The minimum atomic E-state index is -1.94. The van der Waals surface area contributed by atoms with Crippen molar-refractivity contribution in [1.29, 1.82) is 0 Å². The Morgan fingerprint density at radius 3 is 1.94 bits per heavy atom. The van der Waals surface area contributed by atoms with Crippen molar-refractivity contribution in [3.8, 4) is 5.75 Å². The molecule has 36 heavy (non-hydrogen) atoms. The highest BCUT2D eigenvalue weighted by molar-refractivity contribution is 6.74. The van der Waals surface area contributed by atoms with Gasteiger partial charge in [0.05, 0.1) is 25.9 Å². The number of allylic oxidation sites excluding steroid dienone is 1. The quantitative estimate of drug-likeness (QED) is 0.165. The van der Waals surface area contributed by atoms with Crippen LogP contribution in [-0.2, 0) is 20.2 Å². The summed E-state index contributed by atoms with van der Waals surface area (Å²) < 4.78 is 25.4. The number of hydrogen-bond acceptors (Lipinski definition) is 4. The lowest BCUT2D eigenvalue weighted by molar-refractivity contribution is -0.0154. The third-order valence-electron chi connectivity index (χ3n) is 8.27. The zero-order valence-corrected chi connectivity index (χ0v) is 27.5. The van der Waals surface area contributed by atoms with Gasteiger partial charge in [0.2, 0.25) is 0 Å². The zero-order valence-electron chi connectivity index (χ0n) is 25.5. The molecule has 6 heteroatoms. The van der Waals surface area contributed by atoms with E-state index in [2.05, 4.69) is 93.4 Å². The van der Waals surface area contributed by atoms with Gasteiger partial charge in [-0.25, -0.2) is 0 Å². The molecule has 0 spiro atoms. The Hall–Kier alpha value is -0.926. The number of benzene rings is 1. The van der Waals surface area contributed by atoms with Gasteiger partial charge in [-0.1, -0.05) is 66.7 Å². The first kappa shape index (κ1) is 33.1. The predicted octanol–water partition coefficient (Wildman–Crippen LogP) is 8.99. The van der Waals surface area contributed by atoms with Crippen molar-refractivity contribution in [2.75, 3.05) is 13.7 Å². The summed E-state index contributed by atoms with van der Waals surface area (Å²) in [7, 11) is -2.06. The Labute approximate surface area is 225 Å². The van der Waals surface area contributed by atoms with Crippen LogP contribution < -0.4 is 4.74 Å². The summed E-state index contributed by atoms with van der Waals surface area (Å²) in [6, 6.07) is 8.13. The summed E-state index contributed by atoms with van der Waals surface area (Å²) >= 11 is 0. The van der Waals surface area contributed by atoms with Crippen molar-refractivity contribution in [3.63, 3.8) is 0 Å². The highest BCUT2D eigenvalue weighted by Gasteiger charge is 2.41. The molecular formula is C30H56O4Si2. The molecule has 0 amide bonds. The molecule has 0 aromatic heterocycles. The first-order valence-electron chi connectivity index (χ1n) is 13.6. The Morgan fingerprint density at radius 2 is 1.47 bits per heavy atom. The Balaban J connectivity index is 3.07. The Kier molecular flexibility index (Phi) is 12.6. The van der Waals surface area contributed by atoms with Gasteiger partial charge in [-0.2, -0.15) is 0 Å². The molecule has 0 aliphatic rings. The number of methoxy groups -OCH3 is 1. The average molecular weight is 537 g/mol. The SMILES string of the molecule is C=CC[C@@H](C)[C@H](C[C@@H](CCO[Si](C)(C)C(C)(C)C)OCc1ccc(OC)cc1)O[Si](C)(C)C(C)(C)C. The fraction of sp³-hybridized carbons (Fsp3) is 0.733. The topological polar surface area (TPSA) is 36.9 Å². The maximum absolute atomic E-state index is 6.99. The number of ether oxygens (including phenoxy) is 2. The van der Waals surface area contributed by atoms with E-state index in [1.807, 2.05) is 18.2 Å². The third-order valence-corrected chi connectivity index (χ3v) is 17.3. The van der Waals surface area contributed by atoms with Crippen LogP contribution in [-0.4, -0.2) is 42.6 Å². The minimum absolute atomic E-state index is 0.0545. The maximum atomic E-state index is 6.99. The molecule has 3 atom stereocenters. The van der Waals surface area contributed by atoms with Crippen LogP contribution in [0.1, 0.15) is 73.3 Å². The van der Waals surface area contributed by atoms with Crippen LogP contribution in [0.2, 0.25) is 36.3 Å². The van der Waals surface area contributed by atoms with Crippen molar-refractivity contribution in [3.05, 3.63) is 42.5 Å². The fourth-order valence-corrected chi connectivity index (χ4v) is 5.99. The Morgan fingerprint density at radius 1 is 0.917 bits per heavy atom. The second-order valence-electron chi connectivity index (χ2n) is 13.3. The molecule has 0 aliphatic heterocycles. The summed E-state index contributed by atoms with van der Waals surface area (Å²) in [4.78, 5) is 0. The van der Waals surface area contributed by atoms with E-state index in [1.54, 1.807) is 7.11 Å². The normalized spacial score (nSPS) is 15.9. The van der Waals surface area contributed by atoms with Crippen molar-refractivity contribution < 1.29 is 18.3 Å². The molecule has 1 rings (SSSR count). The summed E-state index contributed by atoms with van der Waals surface area (Å²) in [6.07, 6.45) is 4.85. The number of hydrogen-bond donors (Lipinski definition) is 0. The maximum Gasteiger partial charge on any atom is 0.192 e. The molecule has 0 saturated heterocycles. The Bertz CT molecular complexity index is 776. The average Bonchev–Trinajstić information content (AvgIpc) is 2.75. The van der Waals surface area contributed by atoms with E-state index in [-0.39, 0.29) is 22.3 Å². The largest absolute Gasteiger partial charge is 0.497 e. The van der Waals surface area contributed by atoms with E-state index in [0.717, 1.165) is 30.6 Å². The number of rotatable bonds is 15. The summed E-state index contributed by atoms with van der Waals surface area (Å²) in [6.45, 7) is 30.7. The first-order chi connectivity index (χ1) is 16.4. The lowest BCUT2D eigenvalue weighted by Gasteiger charge is -2.42. The smallest absolute Gasteiger partial charge is 0.192 e. The van der Waals surface area contributed by atoms with Gasteiger partial charge in [0, 0.05) is 6.61 Å². The molecule has 1 aromatic rings. The molecule has 0 N–H and O–H groups in total. The summed E-state index contributed by atoms with van der Waals surface area (Å²) in [5, 5.41) is 0.350. The van der Waals surface area contributed by atoms with E-state index in [9.17, 15) is 0 Å². The van der Waals surface area contributed by atoms with Crippen molar-refractivity contribution in [1.82, 2.24) is 0 Å². The van der Waals surface area contributed by atoms with Crippen LogP contribution in [0.15, 0.2) is 36.9 Å². The fourth-order valence-electron chi connectivity index (χ4n) is 3.49. The van der Waals surface area contributed by atoms with Crippen LogP contribution in [0.3, 0.4) is 0 Å². The van der Waals surface area contributed by atoms with Crippen molar-refractivity contribution in [2.45, 2.75) is 123 Å². The van der Waals surface area contributed by atoms with Gasteiger partial charge in [-0.15, -0.1) is 6.58 Å². The lowest BCUT2D eigenvalue weighted by Crippen LogP contribution is -2.46. The van der Waals surface area contributed by atoms with Crippen LogP contribution in [0.5, 0.6) is 5.75 Å². The van der Waals surface area contributed by atoms with Crippen LogP contribution >= 0.6 is 0 Å². The molecular weight excluding hydrogens is 480 g/mol. The van der Waals surface area contributed by atoms with E-state index in [1.165, 1.54) is 0 Å². The summed E-state index contributed by atoms with van der Waals surface area (Å²) in [5.74, 6) is 1.24. The van der Waals surface area contributed by atoms with Gasteiger partial charge in [-0.05, 0) is 79.1 Å². The highest BCUT2D eigenvalue weighted by atomic mass is 28.4. The van der Waals surface area contributed by atoms with Crippen molar-refractivity contribution >= 4 is 16.6 Å². The molecule has 0 fully saturated rings. The second-order valence-corrected chi connectivity index (χ2v) is 22.9. The van der Waals surface area contributed by atoms with E-state index < -0.39 is 16.6 Å². The highest BCUT2D eigenvalue weighted by Crippen LogP contribution is 2.40. The van der Waals surface area contributed by atoms with Crippen LogP contribution in [0.25, 0.3) is 0 Å². The first-order valence-corrected chi connectivity index (χ1v) is 19.4. The molecule has 0 saturated carbocycles. The summed E-state index contributed by atoms with van der Waals surface area (Å²) in [5.41, 5.74) is 1.15. The molecule has 0 unspecified atom stereocenters. The zero-order chi connectivity index (χ0) is 27.8. The van der Waals surface area contributed by atoms with Gasteiger partial charge in [0.25, 0.3) is 0 Å². The van der Waals surface area contributed by atoms with Crippen LogP contribution in [0, 0.1) is 5.92 Å². The monoisotopic (exact) mass is 536 g/mol. The molecule has 208 valence electrons. The second kappa shape index (κ2) is 13.7.